The Kier molecular flexibility index (Phi) is 5.41. The number of hydrogen-bond acceptors (Lipinski definition) is 5. The van der Waals surface area contributed by atoms with Crippen LogP contribution in [0.2, 0.25) is 0 Å². The van der Waals surface area contributed by atoms with Gasteiger partial charge in [-0.3, -0.25) is 5.32 Å². The summed E-state index contributed by atoms with van der Waals surface area (Å²) in [5, 5.41) is 3.42. The summed E-state index contributed by atoms with van der Waals surface area (Å²) in [6, 6.07) is 0.212. The van der Waals surface area contributed by atoms with Crippen molar-refractivity contribution in [2.24, 2.45) is 5.92 Å². The normalized spacial score (nSPS) is 25.7. The Morgan fingerprint density at radius 3 is 2.65 bits per heavy atom. The van der Waals surface area contributed by atoms with Crippen molar-refractivity contribution in [3.05, 3.63) is 0 Å². The average molecular weight is 285 g/mol. The molecule has 0 aromatic rings. The molecule has 2 unspecified atom stereocenters. The van der Waals surface area contributed by atoms with Crippen molar-refractivity contribution in [3.8, 4) is 0 Å². The second-order valence-corrected chi connectivity index (χ2v) is 6.06. The van der Waals surface area contributed by atoms with Crippen molar-refractivity contribution < 1.29 is 19.0 Å². The van der Waals surface area contributed by atoms with Gasteiger partial charge >= 0.3 is 5.97 Å². The lowest BCUT2D eigenvalue weighted by Crippen LogP contribution is -2.60. The molecule has 1 saturated carbocycles. The summed E-state index contributed by atoms with van der Waals surface area (Å²) < 4.78 is 16.6. The Morgan fingerprint density at radius 2 is 2.15 bits per heavy atom. The van der Waals surface area contributed by atoms with E-state index >= 15 is 0 Å². The van der Waals surface area contributed by atoms with Crippen molar-refractivity contribution in [1.82, 2.24) is 5.32 Å². The van der Waals surface area contributed by atoms with Gasteiger partial charge in [0.25, 0.3) is 0 Å². The summed E-state index contributed by atoms with van der Waals surface area (Å²) in [5.74, 6) is 0.154. The molecule has 1 aliphatic carbocycles. The summed E-state index contributed by atoms with van der Waals surface area (Å²) in [4.78, 5) is 12.5. The predicted molar refractivity (Wildman–Crippen MR) is 75.5 cm³/mol. The van der Waals surface area contributed by atoms with Gasteiger partial charge in [0, 0.05) is 12.6 Å². The molecule has 0 bridgehead atoms. The molecular formula is C15H27NO4. The van der Waals surface area contributed by atoms with Gasteiger partial charge in [-0.25, -0.2) is 4.79 Å². The van der Waals surface area contributed by atoms with Crippen LogP contribution in [0.15, 0.2) is 0 Å². The Labute approximate surface area is 121 Å². The van der Waals surface area contributed by atoms with Crippen molar-refractivity contribution in [1.29, 1.82) is 0 Å². The highest BCUT2D eigenvalue weighted by Gasteiger charge is 2.53. The minimum atomic E-state index is -0.688. The standard InChI is InChI=1S/C15H27NO4/c1-4-19-14(17)15(12-5-6-12,16-11(2)3)10-20-13-7-8-18-9-13/h11-13,16H,4-10H2,1-3H3. The molecule has 5 nitrogen and oxygen atoms in total. The van der Waals surface area contributed by atoms with Gasteiger partial charge in [0.1, 0.15) is 5.54 Å². The monoisotopic (exact) mass is 285 g/mol. The first-order chi connectivity index (χ1) is 9.58. The number of carbonyl (C=O) groups excluding carboxylic acids is 1. The van der Waals surface area contributed by atoms with E-state index in [0.717, 1.165) is 25.9 Å². The van der Waals surface area contributed by atoms with Gasteiger partial charge in [-0.15, -0.1) is 0 Å². The Morgan fingerprint density at radius 1 is 1.40 bits per heavy atom. The maximum absolute atomic E-state index is 12.5. The molecule has 20 heavy (non-hydrogen) atoms. The van der Waals surface area contributed by atoms with E-state index in [-0.39, 0.29) is 18.1 Å². The zero-order chi connectivity index (χ0) is 14.6. The molecular weight excluding hydrogens is 258 g/mol. The minimum Gasteiger partial charge on any atom is -0.465 e. The third kappa shape index (κ3) is 3.71. The van der Waals surface area contributed by atoms with Crippen LogP contribution in [-0.4, -0.2) is 50.1 Å². The van der Waals surface area contributed by atoms with Crippen LogP contribution in [0, 0.1) is 5.92 Å². The van der Waals surface area contributed by atoms with Gasteiger partial charge in [-0.05, 0) is 46.0 Å². The number of esters is 1. The lowest BCUT2D eigenvalue weighted by molar-refractivity contribution is -0.157. The number of hydrogen-bond donors (Lipinski definition) is 1. The van der Waals surface area contributed by atoms with Crippen LogP contribution in [0.25, 0.3) is 0 Å². The van der Waals surface area contributed by atoms with E-state index in [2.05, 4.69) is 19.2 Å². The van der Waals surface area contributed by atoms with E-state index in [9.17, 15) is 4.79 Å². The summed E-state index contributed by atoms with van der Waals surface area (Å²) in [6.07, 6.45) is 3.13. The number of nitrogens with one attached hydrogen (secondary N) is 1. The lowest BCUT2D eigenvalue weighted by Gasteiger charge is -2.35. The fourth-order valence-electron chi connectivity index (χ4n) is 2.81. The maximum Gasteiger partial charge on any atom is 0.329 e. The zero-order valence-corrected chi connectivity index (χ0v) is 12.8. The van der Waals surface area contributed by atoms with E-state index in [4.69, 9.17) is 14.2 Å². The molecule has 2 aliphatic rings. The van der Waals surface area contributed by atoms with E-state index in [1.54, 1.807) is 0 Å². The van der Waals surface area contributed by atoms with Crippen molar-refractivity contribution in [3.63, 3.8) is 0 Å². The van der Waals surface area contributed by atoms with E-state index in [0.29, 0.717) is 25.7 Å². The van der Waals surface area contributed by atoms with Gasteiger partial charge in [0.2, 0.25) is 0 Å². The molecule has 1 heterocycles. The highest BCUT2D eigenvalue weighted by molar-refractivity contribution is 5.82. The molecule has 0 spiro atoms. The summed E-state index contributed by atoms with van der Waals surface area (Å²) in [6.45, 7) is 8.10. The van der Waals surface area contributed by atoms with Crippen LogP contribution >= 0.6 is 0 Å². The fourth-order valence-corrected chi connectivity index (χ4v) is 2.81. The summed E-state index contributed by atoms with van der Waals surface area (Å²) in [5.41, 5.74) is -0.688. The van der Waals surface area contributed by atoms with E-state index in [1.807, 2.05) is 6.92 Å². The SMILES string of the molecule is CCOC(=O)C(COC1CCOC1)(NC(C)C)C1CC1. The van der Waals surface area contributed by atoms with Gasteiger partial charge < -0.3 is 14.2 Å². The van der Waals surface area contributed by atoms with Crippen molar-refractivity contribution >= 4 is 5.97 Å². The predicted octanol–water partition coefficient (Wildman–Crippen LogP) is 1.50. The molecule has 0 amide bonds. The largest absolute Gasteiger partial charge is 0.465 e. The molecule has 0 aromatic heterocycles. The molecule has 2 atom stereocenters. The lowest BCUT2D eigenvalue weighted by atomic mass is 9.93. The first-order valence-electron chi connectivity index (χ1n) is 7.72. The summed E-state index contributed by atoms with van der Waals surface area (Å²) >= 11 is 0. The molecule has 2 rings (SSSR count). The minimum absolute atomic E-state index is 0.108. The topological polar surface area (TPSA) is 56.8 Å². The first kappa shape index (κ1) is 15.7. The maximum atomic E-state index is 12.5. The van der Waals surface area contributed by atoms with Crippen LogP contribution in [0.1, 0.15) is 40.0 Å². The van der Waals surface area contributed by atoms with Gasteiger partial charge in [-0.1, -0.05) is 0 Å². The molecule has 0 aromatic carbocycles. The fraction of sp³-hybridized carbons (Fsp3) is 0.933. The number of rotatable bonds is 8. The van der Waals surface area contributed by atoms with Gasteiger partial charge in [-0.2, -0.15) is 0 Å². The number of ether oxygens (including phenoxy) is 3. The second-order valence-electron chi connectivity index (χ2n) is 6.06. The van der Waals surface area contributed by atoms with Crippen LogP contribution in [0.5, 0.6) is 0 Å². The summed E-state index contributed by atoms with van der Waals surface area (Å²) in [7, 11) is 0. The molecule has 0 radical (unpaired) electrons. The third-order valence-electron chi connectivity index (χ3n) is 3.89. The van der Waals surface area contributed by atoms with Gasteiger partial charge in [0.15, 0.2) is 0 Å². The van der Waals surface area contributed by atoms with Crippen LogP contribution in [-0.2, 0) is 19.0 Å². The molecule has 116 valence electrons. The smallest absolute Gasteiger partial charge is 0.329 e. The Balaban J connectivity index is 2.05. The highest BCUT2D eigenvalue weighted by Crippen LogP contribution is 2.41. The van der Waals surface area contributed by atoms with Crippen LogP contribution in [0.3, 0.4) is 0 Å². The molecule has 1 saturated heterocycles. The Hall–Kier alpha value is -0.650. The second kappa shape index (κ2) is 6.87. The molecule has 1 N–H and O–H groups in total. The van der Waals surface area contributed by atoms with Crippen LogP contribution < -0.4 is 5.32 Å². The highest BCUT2D eigenvalue weighted by atomic mass is 16.6. The van der Waals surface area contributed by atoms with Crippen molar-refractivity contribution in [2.45, 2.75) is 57.7 Å². The average Bonchev–Trinajstić information content (AvgIpc) is 3.12. The third-order valence-corrected chi connectivity index (χ3v) is 3.89. The molecule has 1 aliphatic heterocycles. The van der Waals surface area contributed by atoms with E-state index < -0.39 is 5.54 Å². The Bertz CT molecular complexity index is 324. The quantitative estimate of drug-likeness (QED) is 0.685. The van der Waals surface area contributed by atoms with Crippen LogP contribution in [0.4, 0.5) is 0 Å². The molecule has 2 fully saturated rings. The first-order valence-corrected chi connectivity index (χ1v) is 7.72. The van der Waals surface area contributed by atoms with E-state index in [1.165, 1.54) is 0 Å². The zero-order valence-electron chi connectivity index (χ0n) is 12.8. The van der Waals surface area contributed by atoms with Crippen molar-refractivity contribution in [2.75, 3.05) is 26.4 Å². The number of carbonyl (C=O) groups is 1. The molecule has 5 heteroatoms. The van der Waals surface area contributed by atoms with Gasteiger partial charge in [0.05, 0.1) is 25.9 Å².